The molecule has 1 atom stereocenters. The van der Waals surface area contributed by atoms with Gasteiger partial charge in [0, 0.05) is 30.1 Å². The summed E-state index contributed by atoms with van der Waals surface area (Å²) in [6, 6.07) is 14.7. The highest BCUT2D eigenvalue weighted by Gasteiger charge is 2.15. The number of hydrogen-bond donors (Lipinski definition) is 1. The second kappa shape index (κ2) is 9.71. The maximum Gasteiger partial charge on any atom is 0.269 e. The molecule has 7 heteroatoms. The number of amides is 1. The molecule has 2 aromatic carbocycles. The van der Waals surface area contributed by atoms with E-state index in [1.807, 2.05) is 6.92 Å². The molecule has 2 aromatic rings. The molecule has 1 aliphatic rings. The minimum absolute atomic E-state index is 0.0506. The number of non-ortho nitro benzene ring substituents is 1. The molecule has 6 nitrogen and oxygen atoms in total. The lowest BCUT2D eigenvalue weighted by molar-refractivity contribution is -0.384. The van der Waals surface area contributed by atoms with E-state index >= 15 is 0 Å². The van der Waals surface area contributed by atoms with E-state index in [-0.39, 0.29) is 16.8 Å². The molecule has 0 unspecified atom stereocenters. The van der Waals surface area contributed by atoms with Crippen molar-refractivity contribution in [3.63, 3.8) is 0 Å². The number of carbonyl (C=O) groups is 1. The predicted octanol–water partition coefficient (Wildman–Crippen LogP) is 3.99. The third-order valence-electron chi connectivity index (χ3n) is 4.82. The number of thioether (sulfide) groups is 1. The van der Waals surface area contributed by atoms with Crippen LogP contribution in [0.2, 0.25) is 0 Å². The maximum absolute atomic E-state index is 12.3. The molecule has 1 heterocycles. The zero-order chi connectivity index (χ0) is 19.9. The first-order valence-corrected chi connectivity index (χ1v) is 10.4. The van der Waals surface area contributed by atoms with Crippen molar-refractivity contribution in [1.82, 2.24) is 10.2 Å². The second-order valence-corrected chi connectivity index (χ2v) is 8.44. The van der Waals surface area contributed by atoms with Crippen molar-refractivity contribution in [2.24, 2.45) is 0 Å². The molecule has 0 saturated carbocycles. The number of nitrogens with zero attached hydrogens (tertiary/aromatic N) is 2. The van der Waals surface area contributed by atoms with Crippen LogP contribution in [-0.4, -0.2) is 34.1 Å². The monoisotopic (exact) mass is 399 g/mol. The van der Waals surface area contributed by atoms with Crippen LogP contribution < -0.4 is 5.32 Å². The Hall–Kier alpha value is -2.38. The lowest BCUT2D eigenvalue weighted by atomic mass is 10.1. The molecule has 0 spiro atoms. The third-order valence-corrected chi connectivity index (χ3v) is 5.94. The highest BCUT2D eigenvalue weighted by atomic mass is 32.2. The fraction of sp³-hybridized carbons (Fsp3) is 0.381. The van der Waals surface area contributed by atoms with Gasteiger partial charge in [-0.2, -0.15) is 0 Å². The normalized spacial score (nSPS) is 15.3. The van der Waals surface area contributed by atoms with E-state index in [0.29, 0.717) is 6.54 Å². The molecule has 3 rings (SSSR count). The molecule has 1 aliphatic heterocycles. The highest BCUT2D eigenvalue weighted by Crippen LogP contribution is 2.25. The summed E-state index contributed by atoms with van der Waals surface area (Å²) < 4.78 is 0. The molecular weight excluding hydrogens is 374 g/mol. The Kier molecular flexibility index (Phi) is 7.06. The molecule has 0 bridgehead atoms. The Labute approximate surface area is 169 Å². The number of nitro benzene ring substituents is 1. The van der Waals surface area contributed by atoms with Gasteiger partial charge in [-0.1, -0.05) is 24.3 Å². The zero-order valence-electron chi connectivity index (χ0n) is 16.0. The number of rotatable bonds is 8. The summed E-state index contributed by atoms with van der Waals surface area (Å²) in [4.78, 5) is 25.9. The van der Waals surface area contributed by atoms with Gasteiger partial charge in [0.1, 0.15) is 0 Å². The summed E-state index contributed by atoms with van der Waals surface area (Å²) in [7, 11) is 0. The van der Waals surface area contributed by atoms with Crippen LogP contribution in [0.1, 0.15) is 30.9 Å². The Morgan fingerprint density at radius 2 is 1.71 bits per heavy atom. The molecule has 1 fully saturated rings. The fourth-order valence-corrected chi connectivity index (χ4v) is 4.09. The standard InChI is InChI=1S/C21H25N3O3S/c1-16(28-20-10-8-19(9-11-20)24(26)27)21(25)22-14-17-4-6-18(7-5-17)15-23-12-2-3-13-23/h4-11,16H,2-3,12-15H2,1H3,(H,22,25)/t16-/m1/s1. The Bertz CT molecular complexity index is 803. The molecule has 0 aliphatic carbocycles. The van der Waals surface area contributed by atoms with Crippen molar-refractivity contribution >= 4 is 23.4 Å². The van der Waals surface area contributed by atoms with Gasteiger partial charge < -0.3 is 5.32 Å². The first-order chi connectivity index (χ1) is 13.5. The van der Waals surface area contributed by atoms with E-state index in [9.17, 15) is 14.9 Å². The summed E-state index contributed by atoms with van der Waals surface area (Å²) in [6.45, 7) is 5.69. The summed E-state index contributed by atoms with van der Waals surface area (Å²) in [5, 5.41) is 13.4. The van der Waals surface area contributed by atoms with Crippen molar-refractivity contribution in [2.45, 2.75) is 43.0 Å². The van der Waals surface area contributed by atoms with Crippen molar-refractivity contribution in [1.29, 1.82) is 0 Å². The van der Waals surface area contributed by atoms with E-state index in [1.165, 1.54) is 55.4 Å². The quantitative estimate of drug-likeness (QED) is 0.413. The van der Waals surface area contributed by atoms with Gasteiger partial charge in [0.15, 0.2) is 0 Å². The average Bonchev–Trinajstić information content (AvgIpc) is 3.20. The minimum atomic E-state index is -0.430. The van der Waals surface area contributed by atoms with E-state index in [1.54, 1.807) is 12.1 Å². The maximum atomic E-state index is 12.3. The van der Waals surface area contributed by atoms with Gasteiger partial charge in [0.05, 0.1) is 10.2 Å². The Morgan fingerprint density at radius 1 is 1.11 bits per heavy atom. The topological polar surface area (TPSA) is 75.5 Å². The molecular formula is C21H25N3O3S. The molecule has 148 valence electrons. The molecule has 0 aromatic heterocycles. The van der Waals surface area contributed by atoms with E-state index in [4.69, 9.17) is 0 Å². The number of likely N-dealkylation sites (tertiary alicyclic amines) is 1. The molecule has 1 N–H and O–H groups in total. The summed E-state index contributed by atoms with van der Waals surface area (Å²) in [6.07, 6.45) is 2.58. The average molecular weight is 400 g/mol. The van der Waals surface area contributed by atoms with E-state index in [2.05, 4.69) is 34.5 Å². The van der Waals surface area contributed by atoms with Gasteiger partial charge in [-0.25, -0.2) is 0 Å². The predicted molar refractivity (Wildman–Crippen MR) is 111 cm³/mol. The largest absolute Gasteiger partial charge is 0.351 e. The van der Waals surface area contributed by atoms with Crippen LogP contribution >= 0.6 is 11.8 Å². The van der Waals surface area contributed by atoms with Gasteiger partial charge in [-0.3, -0.25) is 19.8 Å². The lowest BCUT2D eigenvalue weighted by Gasteiger charge is -2.15. The summed E-state index contributed by atoms with van der Waals surface area (Å²) in [5.41, 5.74) is 2.43. The summed E-state index contributed by atoms with van der Waals surface area (Å²) in [5.74, 6) is -0.0514. The number of benzene rings is 2. The number of nitrogens with one attached hydrogen (secondary N) is 1. The van der Waals surface area contributed by atoms with Crippen molar-refractivity contribution < 1.29 is 9.72 Å². The van der Waals surface area contributed by atoms with Crippen LogP contribution in [0.4, 0.5) is 5.69 Å². The van der Waals surface area contributed by atoms with Gasteiger partial charge in [-0.15, -0.1) is 11.8 Å². The van der Waals surface area contributed by atoms with Crippen molar-refractivity contribution in [2.75, 3.05) is 13.1 Å². The number of carbonyl (C=O) groups excluding carboxylic acids is 1. The van der Waals surface area contributed by atoms with Crippen LogP contribution in [0.15, 0.2) is 53.4 Å². The number of hydrogen-bond acceptors (Lipinski definition) is 5. The molecule has 28 heavy (non-hydrogen) atoms. The zero-order valence-corrected chi connectivity index (χ0v) is 16.8. The smallest absolute Gasteiger partial charge is 0.269 e. The van der Waals surface area contributed by atoms with Gasteiger partial charge in [0.2, 0.25) is 5.91 Å². The van der Waals surface area contributed by atoms with Crippen LogP contribution in [0.5, 0.6) is 0 Å². The van der Waals surface area contributed by atoms with Crippen LogP contribution in [-0.2, 0) is 17.9 Å². The first-order valence-electron chi connectivity index (χ1n) is 9.50. The summed E-state index contributed by atoms with van der Waals surface area (Å²) >= 11 is 1.39. The van der Waals surface area contributed by atoms with Crippen LogP contribution in [0, 0.1) is 10.1 Å². The van der Waals surface area contributed by atoms with Gasteiger partial charge in [-0.05, 0) is 56.1 Å². The molecule has 1 saturated heterocycles. The van der Waals surface area contributed by atoms with Crippen molar-refractivity contribution in [3.05, 3.63) is 69.8 Å². The SMILES string of the molecule is C[C@@H](Sc1ccc([N+](=O)[O-])cc1)C(=O)NCc1ccc(CN2CCCC2)cc1. The number of nitro groups is 1. The van der Waals surface area contributed by atoms with E-state index < -0.39 is 4.92 Å². The van der Waals surface area contributed by atoms with Crippen LogP contribution in [0.3, 0.4) is 0 Å². The lowest BCUT2D eigenvalue weighted by Crippen LogP contribution is -2.30. The molecule has 1 amide bonds. The first kappa shape index (κ1) is 20.4. The fourth-order valence-electron chi connectivity index (χ4n) is 3.20. The Balaban J connectivity index is 1.45. The molecule has 0 radical (unpaired) electrons. The van der Waals surface area contributed by atoms with Gasteiger partial charge >= 0.3 is 0 Å². The Morgan fingerprint density at radius 3 is 2.32 bits per heavy atom. The van der Waals surface area contributed by atoms with Crippen LogP contribution in [0.25, 0.3) is 0 Å². The van der Waals surface area contributed by atoms with E-state index in [0.717, 1.165) is 17.0 Å². The van der Waals surface area contributed by atoms with Crippen molar-refractivity contribution in [3.8, 4) is 0 Å². The third kappa shape index (κ3) is 5.81. The highest BCUT2D eigenvalue weighted by molar-refractivity contribution is 8.00. The minimum Gasteiger partial charge on any atom is -0.351 e. The second-order valence-electron chi connectivity index (χ2n) is 7.03. The van der Waals surface area contributed by atoms with Gasteiger partial charge in [0.25, 0.3) is 5.69 Å².